The molecular weight excluding hydrogens is 301 g/mol. The average Bonchev–Trinajstić information content (AvgIpc) is 2.41. The third-order valence-electron chi connectivity index (χ3n) is 2.73. The summed E-state index contributed by atoms with van der Waals surface area (Å²) in [7, 11) is 0. The van der Waals surface area contributed by atoms with Gasteiger partial charge in [-0.15, -0.1) is 0 Å². The van der Waals surface area contributed by atoms with Crippen LogP contribution in [0, 0.1) is 0 Å². The van der Waals surface area contributed by atoms with Gasteiger partial charge in [0, 0.05) is 0 Å². The van der Waals surface area contributed by atoms with Crippen molar-refractivity contribution in [1.29, 1.82) is 0 Å². The monoisotopic (exact) mass is 310 g/mol. The van der Waals surface area contributed by atoms with E-state index in [1.807, 2.05) is 10.6 Å². The van der Waals surface area contributed by atoms with E-state index in [-0.39, 0.29) is 5.57 Å². The van der Waals surface area contributed by atoms with E-state index < -0.39 is 29.6 Å². The first-order valence-electron chi connectivity index (χ1n) is 5.99. The smallest absolute Gasteiger partial charge is 0.273 e. The Morgan fingerprint density at radius 3 is 1.95 bits per heavy atom. The summed E-state index contributed by atoms with van der Waals surface area (Å²) in [4.78, 5) is 33.6. The molecule has 8 heteroatoms. The van der Waals surface area contributed by atoms with E-state index >= 15 is 0 Å². The Kier molecular flexibility index (Phi) is 4.11. The van der Waals surface area contributed by atoms with E-state index in [0.29, 0.717) is 5.56 Å². The number of hydrogen-bond acceptors (Lipinski definition) is 3. The molecule has 1 aromatic rings. The van der Waals surface area contributed by atoms with Crippen LogP contribution < -0.4 is 10.6 Å². The van der Waals surface area contributed by atoms with Crippen molar-refractivity contribution in [2.75, 3.05) is 0 Å². The van der Waals surface area contributed by atoms with Crippen molar-refractivity contribution in [3.63, 3.8) is 0 Å². The van der Waals surface area contributed by atoms with Gasteiger partial charge in [0.2, 0.25) is 0 Å². The van der Waals surface area contributed by atoms with Crippen LogP contribution in [0.2, 0.25) is 0 Å². The van der Waals surface area contributed by atoms with Gasteiger partial charge in [-0.05, 0) is 23.8 Å². The first-order valence-corrected chi connectivity index (χ1v) is 5.99. The summed E-state index contributed by atoms with van der Waals surface area (Å²) in [6.45, 7) is 0. The summed E-state index contributed by atoms with van der Waals surface area (Å²) in [5, 5.41) is 3.79. The number of carbonyl (C=O) groups excluding carboxylic acids is 3. The Labute approximate surface area is 122 Å². The van der Waals surface area contributed by atoms with Crippen molar-refractivity contribution in [3.8, 4) is 0 Å². The van der Waals surface area contributed by atoms with Crippen LogP contribution in [0.3, 0.4) is 0 Å². The predicted molar refractivity (Wildman–Crippen MR) is 70.2 cm³/mol. The molecule has 1 aliphatic heterocycles. The van der Waals surface area contributed by atoms with Gasteiger partial charge in [-0.3, -0.25) is 20.2 Å². The fourth-order valence-electron chi connectivity index (χ4n) is 1.67. The lowest BCUT2D eigenvalue weighted by atomic mass is 10.1. The SMILES string of the molecule is O=C1NC(=O)C(=C/C=C/c2ccc(C(F)(F)F)cc2)C(=O)N1. The van der Waals surface area contributed by atoms with E-state index in [2.05, 4.69) is 0 Å². The topological polar surface area (TPSA) is 75.3 Å². The molecule has 22 heavy (non-hydrogen) atoms. The largest absolute Gasteiger partial charge is 0.416 e. The highest BCUT2D eigenvalue weighted by atomic mass is 19.4. The zero-order valence-corrected chi connectivity index (χ0v) is 10.9. The quantitative estimate of drug-likeness (QED) is 0.648. The van der Waals surface area contributed by atoms with Crippen LogP contribution >= 0.6 is 0 Å². The van der Waals surface area contributed by atoms with Crippen LogP contribution in [0.5, 0.6) is 0 Å². The van der Waals surface area contributed by atoms with Crippen LogP contribution in [0.15, 0.2) is 42.0 Å². The van der Waals surface area contributed by atoms with Gasteiger partial charge >= 0.3 is 12.2 Å². The van der Waals surface area contributed by atoms with Crippen molar-refractivity contribution < 1.29 is 27.6 Å². The number of amides is 4. The number of barbiturate groups is 1. The molecule has 1 aromatic carbocycles. The van der Waals surface area contributed by atoms with Gasteiger partial charge in [-0.2, -0.15) is 13.2 Å². The van der Waals surface area contributed by atoms with Crippen molar-refractivity contribution in [3.05, 3.63) is 53.1 Å². The maximum atomic E-state index is 12.4. The Morgan fingerprint density at radius 1 is 0.909 bits per heavy atom. The summed E-state index contributed by atoms with van der Waals surface area (Å²) in [5.41, 5.74) is -0.590. The molecule has 0 aliphatic carbocycles. The number of alkyl halides is 3. The summed E-state index contributed by atoms with van der Waals surface area (Å²) in [6.07, 6.45) is -0.499. The molecule has 114 valence electrons. The molecule has 1 aliphatic rings. The molecule has 0 spiro atoms. The molecule has 0 unspecified atom stereocenters. The minimum Gasteiger partial charge on any atom is -0.273 e. The lowest BCUT2D eigenvalue weighted by molar-refractivity contribution is -0.137. The van der Waals surface area contributed by atoms with Gasteiger partial charge in [0.25, 0.3) is 11.8 Å². The van der Waals surface area contributed by atoms with Gasteiger partial charge in [0.1, 0.15) is 5.57 Å². The molecule has 4 amide bonds. The van der Waals surface area contributed by atoms with Crippen molar-refractivity contribution in [1.82, 2.24) is 10.6 Å². The lowest BCUT2D eigenvalue weighted by Gasteiger charge is -2.13. The highest BCUT2D eigenvalue weighted by Gasteiger charge is 2.30. The molecule has 1 fully saturated rings. The maximum Gasteiger partial charge on any atom is 0.416 e. The van der Waals surface area contributed by atoms with Gasteiger partial charge in [-0.25, -0.2) is 4.79 Å². The van der Waals surface area contributed by atoms with Gasteiger partial charge in [0.15, 0.2) is 0 Å². The first-order chi connectivity index (χ1) is 10.3. The maximum absolute atomic E-state index is 12.4. The fraction of sp³-hybridized carbons (Fsp3) is 0.0714. The number of urea groups is 1. The van der Waals surface area contributed by atoms with Gasteiger partial charge < -0.3 is 0 Å². The summed E-state index contributed by atoms with van der Waals surface area (Å²) in [5.74, 6) is -1.68. The second-order valence-electron chi connectivity index (χ2n) is 4.30. The van der Waals surface area contributed by atoms with Gasteiger partial charge in [-0.1, -0.05) is 24.3 Å². The number of halogens is 3. The number of hydrogen-bond donors (Lipinski definition) is 2. The van der Waals surface area contributed by atoms with Crippen LogP contribution in [0.1, 0.15) is 11.1 Å². The van der Waals surface area contributed by atoms with Crippen LogP contribution in [0.25, 0.3) is 6.08 Å². The van der Waals surface area contributed by atoms with E-state index in [0.717, 1.165) is 18.2 Å². The Balaban J connectivity index is 2.12. The second-order valence-corrected chi connectivity index (χ2v) is 4.30. The molecule has 1 saturated heterocycles. The standard InChI is InChI=1S/C14H9F3N2O3/c15-14(16,17)9-6-4-8(5-7-9)2-1-3-10-11(20)18-13(22)19-12(10)21/h1-7H,(H2,18,19,20,21,22)/b2-1+. The Hall–Kier alpha value is -2.90. The van der Waals surface area contributed by atoms with E-state index in [1.54, 1.807) is 0 Å². The third-order valence-corrected chi connectivity index (χ3v) is 2.73. The molecule has 0 aromatic heterocycles. The highest BCUT2D eigenvalue weighted by Crippen LogP contribution is 2.29. The van der Waals surface area contributed by atoms with Crippen molar-refractivity contribution in [2.24, 2.45) is 0 Å². The molecule has 0 atom stereocenters. The number of carbonyl (C=O) groups is 3. The van der Waals surface area contributed by atoms with Crippen LogP contribution in [-0.2, 0) is 15.8 Å². The predicted octanol–water partition coefficient (Wildman–Crippen LogP) is 2.01. The van der Waals surface area contributed by atoms with Crippen molar-refractivity contribution >= 4 is 23.9 Å². The number of imide groups is 2. The van der Waals surface area contributed by atoms with E-state index in [1.165, 1.54) is 24.3 Å². The fourth-order valence-corrected chi connectivity index (χ4v) is 1.67. The zero-order chi connectivity index (χ0) is 16.3. The highest BCUT2D eigenvalue weighted by molar-refractivity contribution is 6.29. The van der Waals surface area contributed by atoms with Crippen molar-refractivity contribution in [2.45, 2.75) is 6.18 Å². The minimum absolute atomic E-state index is 0.275. The average molecular weight is 310 g/mol. The molecule has 5 nitrogen and oxygen atoms in total. The summed E-state index contributed by atoms with van der Waals surface area (Å²) >= 11 is 0. The molecule has 1 heterocycles. The summed E-state index contributed by atoms with van der Waals surface area (Å²) < 4.78 is 37.2. The number of benzene rings is 1. The normalized spacial score (nSPS) is 15.8. The Bertz CT molecular complexity index is 666. The Morgan fingerprint density at radius 2 is 1.45 bits per heavy atom. The minimum atomic E-state index is -4.41. The van der Waals surface area contributed by atoms with Crippen LogP contribution in [-0.4, -0.2) is 17.8 Å². The molecular formula is C14H9F3N2O3. The second kappa shape index (κ2) is 5.84. The van der Waals surface area contributed by atoms with E-state index in [9.17, 15) is 27.6 Å². The molecule has 0 radical (unpaired) electrons. The third kappa shape index (κ3) is 3.60. The first kappa shape index (κ1) is 15.5. The lowest BCUT2D eigenvalue weighted by Crippen LogP contribution is -2.51. The summed E-state index contributed by atoms with van der Waals surface area (Å²) in [6, 6.07) is 3.45. The van der Waals surface area contributed by atoms with E-state index in [4.69, 9.17) is 0 Å². The molecule has 0 saturated carbocycles. The number of allylic oxidation sites excluding steroid dienone is 2. The van der Waals surface area contributed by atoms with Gasteiger partial charge in [0.05, 0.1) is 5.56 Å². The zero-order valence-electron chi connectivity index (χ0n) is 10.9. The number of nitrogens with one attached hydrogen (secondary N) is 2. The molecule has 2 rings (SSSR count). The molecule has 2 N–H and O–H groups in total. The molecule has 0 bridgehead atoms. The number of rotatable bonds is 2. The van der Waals surface area contributed by atoms with Crippen LogP contribution in [0.4, 0.5) is 18.0 Å².